The minimum Gasteiger partial charge on any atom is -0.350 e. The molecule has 0 fully saturated rings. The Labute approximate surface area is 186 Å². The van der Waals surface area contributed by atoms with Crippen LogP contribution in [0.5, 0.6) is 0 Å². The fraction of sp³-hybridized carbons (Fsp3) is 0.125. The van der Waals surface area contributed by atoms with Gasteiger partial charge < -0.3 is 9.88 Å². The highest BCUT2D eigenvalue weighted by Crippen LogP contribution is 2.27. The zero-order chi connectivity index (χ0) is 22.1. The molecule has 3 heterocycles. The Bertz CT molecular complexity index is 1490. The van der Waals surface area contributed by atoms with E-state index in [-0.39, 0.29) is 30.4 Å². The van der Waals surface area contributed by atoms with Crippen LogP contribution >= 0.6 is 11.3 Å². The third-order valence-electron chi connectivity index (χ3n) is 5.39. The topological polar surface area (TPSA) is 68.9 Å². The number of aromatic nitrogens is 3. The van der Waals surface area contributed by atoms with E-state index in [0.29, 0.717) is 23.0 Å². The average molecular weight is 447 g/mol. The van der Waals surface area contributed by atoms with Gasteiger partial charge in [-0.15, -0.1) is 11.3 Å². The predicted molar refractivity (Wildman–Crippen MR) is 123 cm³/mol. The summed E-state index contributed by atoms with van der Waals surface area (Å²) in [6, 6.07) is 17.9. The van der Waals surface area contributed by atoms with Gasteiger partial charge in [-0.2, -0.15) is 5.10 Å². The van der Waals surface area contributed by atoms with E-state index < -0.39 is 0 Å². The van der Waals surface area contributed by atoms with Crippen molar-refractivity contribution in [2.24, 2.45) is 0 Å². The molecule has 32 heavy (non-hydrogen) atoms. The summed E-state index contributed by atoms with van der Waals surface area (Å²) in [6.07, 6.45) is 1.60. The number of para-hydroxylation sites is 1. The Morgan fingerprint density at radius 2 is 1.84 bits per heavy atom. The van der Waals surface area contributed by atoms with Crippen molar-refractivity contribution in [1.29, 1.82) is 0 Å². The quantitative estimate of drug-likeness (QED) is 0.430. The number of thiophene rings is 1. The number of fused-ring (bicyclic) bond motifs is 3. The molecule has 0 radical (unpaired) electrons. The summed E-state index contributed by atoms with van der Waals surface area (Å²) in [7, 11) is 0. The molecular formula is C24H19FN4O2S. The van der Waals surface area contributed by atoms with Gasteiger partial charge in [-0.25, -0.2) is 9.07 Å². The largest absolute Gasteiger partial charge is 0.350 e. The van der Waals surface area contributed by atoms with Gasteiger partial charge >= 0.3 is 0 Å². The van der Waals surface area contributed by atoms with Gasteiger partial charge in [-0.1, -0.05) is 42.5 Å². The van der Waals surface area contributed by atoms with Crippen LogP contribution in [-0.4, -0.2) is 20.3 Å². The van der Waals surface area contributed by atoms with Crippen molar-refractivity contribution in [3.05, 3.63) is 98.9 Å². The number of hydrogen-bond acceptors (Lipinski definition) is 4. The van der Waals surface area contributed by atoms with E-state index in [0.717, 1.165) is 20.5 Å². The van der Waals surface area contributed by atoms with Gasteiger partial charge in [0.15, 0.2) is 0 Å². The molecular weight excluding hydrogens is 427 g/mol. The number of carbonyl (C=O) groups excluding carboxylic acids is 1. The zero-order valence-electron chi connectivity index (χ0n) is 17.0. The van der Waals surface area contributed by atoms with Gasteiger partial charge in [0.1, 0.15) is 17.9 Å². The highest BCUT2D eigenvalue weighted by Gasteiger charge is 2.18. The molecule has 8 heteroatoms. The van der Waals surface area contributed by atoms with E-state index in [1.54, 1.807) is 40.3 Å². The van der Waals surface area contributed by atoms with Crippen molar-refractivity contribution >= 4 is 39.0 Å². The molecule has 0 unspecified atom stereocenters. The average Bonchev–Trinajstić information content (AvgIpc) is 3.43. The van der Waals surface area contributed by atoms with E-state index in [4.69, 9.17) is 0 Å². The fourth-order valence-corrected chi connectivity index (χ4v) is 4.50. The maximum atomic E-state index is 14.4. The first-order valence-corrected chi connectivity index (χ1v) is 11.0. The molecule has 3 aromatic heterocycles. The van der Waals surface area contributed by atoms with Crippen LogP contribution in [0.4, 0.5) is 4.39 Å². The molecule has 2 aromatic carbocycles. The van der Waals surface area contributed by atoms with Crippen LogP contribution in [0.1, 0.15) is 10.4 Å². The summed E-state index contributed by atoms with van der Waals surface area (Å²) in [6.45, 7) is 0.406. The molecule has 5 rings (SSSR count). The van der Waals surface area contributed by atoms with Crippen LogP contribution in [0.3, 0.4) is 0 Å². The lowest BCUT2D eigenvalue weighted by atomic mass is 10.2. The van der Waals surface area contributed by atoms with Crippen molar-refractivity contribution in [3.63, 3.8) is 0 Å². The Hall–Kier alpha value is -3.78. The van der Waals surface area contributed by atoms with Crippen LogP contribution in [0.25, 0.3) is 21.8 Å². The van der Waals surface area contributed by atoms with Crippen molar-refractivity contribution in [1.82, 2.24) is 19.7 Å². The summed E-state index contributed by atoms with van der Waals surface area (Å²) in [5.74, 6) is -0.634. The van der Waals surface area contributed by atoms with Gasteiger partial charge in [0.05, 0.1) is 19.3 Å². The van der Waals surface area contributed by atoms with Gasteiger partial charge in [0.2, 0.25) is 5.91 Å². The molecule has 1 N–H and O–H groups in total. The molecule has 0 aliphatic carbocycles. The molecule has 0 saturated heterocycles. The fourth-order valence-electron chi connectivity index (χ4n) is 3.86. The summed E-state index contributed by atoms with van der Waals surface area (Å²) >= 11 is 1.55. The first kappa shape index (κ1) is 20.1. The van der Waals surface area contributed by atoms with Crippen LogP contribution in [0.15, 0.2) is 77.0 Å². The standard InChI is InChI=1S/C24H19FN4O2S/c25-20-9-3-1-6-16(20)14-28-21-10-4-2-8-18(21)19-13-27-29(24(31)23(19)28)15-22(30)26-12-17-7-5-11-32-17/h1-11,13H,12,14-15H2,(H,26,30). The van der Waals surface area contributed by atoms with Gasteiger partial charge in [-0.05, 0) is 23.6 Å². The van der Waals surface area contributed by atoms with Crippen molar-refractivity contribution < 1.29 is 9.18 Å². The summed E-state index contributed by atoms with van der Waals surface area (Å²) in [4.78, 5) is 26.8. The second-order valence-electron chi connectivity index (χ2n) is 7.42. The normalized spacial score (nSPS) is 11.3. The van der Waals surface area contributed by atoms with Gasteiger partial charge in [0, 0.05) is 26.7 Å². The lowest BCUT2D eigenvalue weighted by Crippen LogP contribution is -2.33. The number of rotatable bonds is 6. The number of carbonyl (C=O) groups is 1. The first-order chi connectivity index (χ1) is 15.6. The molecule has 0 aliphatic heterocycles. The molecule has 6 nitrogen and oxygen atoms in total. The Kier molecular flexibility index (Phi) is 5.28. The van der Waals surface area contributed by atoms with E-state index in [1.165, 1.54) is 6.07 Å². The maximum absolute atomic E-state index is 14.4. The van der Waals surface area contributed by atoms with Gasteiger partial charge in [-0.3, -0.25) is 9.59 Å². The molecule has 160 valence electrons. The van der Waals surface area contributed by atoms with Crippen molar-refractivity contribution in [3.8, 4) is 0 Å². The first-order valence-electron chi connectivity index (χ1n) is 10.1. The number of benzene rings is 2. The second-order valence-corrected chi connectivity index (χ2v) is 8.45. The lowest BCUT2D eigenvalue weighted by molar-refractivity contribution is -0.122. The third-order valence-corrected chi connectivity index (χ3v) is 6.27. The van der Waals surface area contributed by atoms with Gasteiger partial charge in [0.25, 0.3) is 5.56 Å². The molecule has 0 aliphatic rings. The minimum atomic E-state index is -0.388. The molecule has 5 aromatic rings. The summed E-state index contributed by atoms with van der Waals surface area (Å²) in [5, 5.41) is 10.5. The Morgan fingerprint density at radius 3 is 2.66 bits per heavy atom. The van der Waals surface area contributed by atoms with Crippen molar-refractivity contribution in [2.75, 3.05) is 0 Å². The number of amides is 1. The van der Waals surface area contributed by atoms with E-state index in [1.807, 2.05) is 41.8 Å². The van der Waals surface area contributed by atoms with Crippen LogP contribution in [0.2, 0.25) is 0 Å². The highest BCUT2D eigenvalue weighted by molar-refractivity contribution is 7.09. The van der Waals surface area contributed by atoms with Crippen LogP contribution in [0, 0.1) is 5.82 Å². The predicted octanol–water partition coefficient (Wildman–Crippen LogP) is 3.92. The molecule has 0 saturated carbocycles. The molecule has 1 amide bonds. The van der Waals surface area contributed by atoms with E-state index in [2.05, 4.69) is 10.4 Å². The molecule has 0 spiro atoms. The highest BCUT2D eigenvalue weighted by atomic mass is 32.1. The number of halogens is 1. The lowest BCUT2D eigenvalue weighted by Gasteiger charge is -2.10. The second kappa shape index (κ2) is 8.39. The number of nitrogens with one attached hydrogen (secondary N) is 1. The molecule has 0 bridgehead atoms. The third kappa shape index (κ3) is 3.69. The van der Waals surface area contributed by atoms with E-state index >= 15 is 0 Å². The molecule has 0 atom stereocenters. The number of hydrogen-bond donors (Lipinski definition) is 1. The maximum Gasteiger partial charge on any atom is 0.291 e. The van der Waals surface area contributed by atoms with E-state index in [9.17, 15) is 14.0 Å². The smallest absolute Gasteiger partial charge is 0.291 e. The summed E-state index contributed by atoms with van der Waals surface area (Å²) < 4.78 is 17.3. The summed E-state index contributed by atoms with van der Waals surface area (Å²) in [5.41, 5.74) is 1.30. The SMILES string of the molecule is O=C(Cn1ncc2c3ccccc3n(Cc3ccccc3F)c2c1=O)NCc1cccs1. The van der Waals surface area contributed by atoms with Crippen molar-refractivity contribution in [2.45, 2.75) is 19.6 Å². The minimum absolute atomic E-state index is 0.193. The monoisotopic (exact) mass is 446 g/mol. The zero-order valence-corrected chi connectivity index (χ0v) is 17.8. The van der Waals surface area contributed by atoms with Crippen LogP contribution < -0.4 is 10.9 Å². The Morgan fingerprint density at radius 1 is 1.03 bits per heavy atom. The Balaban J connectivity index is 1.55. The number of nitrogens with zero attached hydrogens (tertiary/aromatic N) is 3. The van der Waals surface area contributed by atoms with Crippen LogP contribution in [-0.2, 0) is 24.4 Å².